The number of hydrogen-bond acceptors (Lipinski definition) is 2. The first-order valence-electron chi connectivity index (χ1n) is 5.74. The van der Waals surface area contributed by atoms with Crippen molar-refractivity contribution in [2.45, 2.75) is 26.2 Å². The van der Waals surface area contributed by atoms with Gasteiger partial charge in [-0.15, -0.1) is 0 Å². The molecule has 0 atom stereocenters. The van der Waals surface area contributed by atoms with E-state index in [1.54, 1.807) is 0 Å². The molecular weight excluding hydrogens is 200 g/mol. The number of nitrogens with one attached hydrogen (secondary N) is 1. The average molecular weight is 220 g/mol. The van der Waals surface area contributed by atoms with Gasteiger partial charge in [0.15, 0.2) is 0 Å². The summed E-state index contributed by atoms with van der Waals surface area (Å²) in [5, 5.41) is 2.85. The fraction of sp³-hybridized carbons (Fsp3) is 0.462. The quantitative estimate of drug-likeness (QED) is 0.712. The van der Waals surface area contributed by atoms with E-state index in [0.29, 0.717) is 19.5 Å². The van der Waals surface area contributed by atoms with E-state index in [2.05, 4.69) is 36.5 Å². The summed E-state index contributed by atoms with van der Waals surface area (Å²) in [7, 11) is 0. The van der Waals surface area contributed by atoms with Crippen molar-refractivity contribution in [3.05, 3.63) is 35.4 Å². The van der Waals surface area contributed by atoms with Crippen LogP contribution in [0.3, 0.4) is 0 Å². The number of hydrogen-bond donors (Lipinski definition) is 2. The van der Waals surface area contributed by atoms with Gasteiger partial charge in [0.25, 0.3) is 0 Å². The number of amides is 1. The van der Waals surface area contributed by atoms with Crippen LogP contribution in [0.5, 0.6) is 0 Å². The fourth-order valence-electron chi connectivity index (χ4n) is 1.43. The van der Waals surface area contributed by atoms with Crippen molar-refractivity contribution >= 4 is 5.91 Å². The predicted octanol–water partition coefficient (Wildman–Crippen LogP) is 1.39. The summed E-state index contributed by atoms with van der Waals surface area (Å²) >= 11 is 0. The van der Waals surface area contributed by atoms with Crippen LogP contribution in [0.25, 0.3) is 0 Å². The Balaban J connectivity index is 2.23. The highest BCUT2D eigenvalue weighted by molar-refractivity contribution is 5.76. The summed E-state index contributed by atoms with van der Waals surface area (Å²) in [5.41, 5.74) is 7.80. The van der Waals surface area contributed by atoms with Gasteiger partial charge in [-0.25, -0.2) is 0 Å². The zero-order valence-electron chi connectivity index (χ0n) is 9.83. The van der Waals surface area contributed by atoms with Crippen LogP contribution in [-0.4, -0.2) is 19.0 Å². The third kappa shape index (κ3) is 4.94. The Morgan fingerprint density at radius 1 is 1.31 bits per heavy atom. The molecule has 1 amide bonds. The van der Waals surface area contributed by atoms with Crippen LogP contribution >= 0.6 is 0 Å². The van der Waals surface area contributed by atoms with Crippen molar-refractivity contribution < 1.29 is 4.79 Å². The van der Waals surface area contributed by atoms with Crippen LogP contribution in [-0.2, 0) is 11.2 Å². The zero-order chi connectivity index (χ0) is 11.8. The molecule has 0 unspecified atom stereocenters. The van der Waals surface area contributed by atoms with Crippen molar-refractivity contribution in [2.75, 3.05) is 13.1 Å². The molecule has 0 aliphatic carbocycles. The largest absolute Gasteiger partial charge is 0.356 e. The predicted molar refractivity (Wildman–Crippen MR) is 66.2 cm³/mol. The van der Waals surface area contributed by atoms with Crippen LogP contribution < -0.4 is 11.1 Å². The van der Waals surface area contributed by atoms with Gasteiger partial charge in [0.05, 0.1) is 0 Å². The van der Waals surface area contributed by atoms with Gasteiger partial charge in [0.2, 0.25) is 5.91 Å². The van der Waals surface area contributed by atoms with Crippen LogP contribution in [0.4, 0.5) is 0 Å². The third-order valence-electron chi connectivity index (χ3n) is 2.46. The number of carbonyl (C=O) groups excluding carboxylic acids is 1. The molecule has 0 bridgehead atoms. The molecule has 1 aromatic rings. The second kappa shape index (κ2) is 7.01. The molecule has 3 N–H and O–H groups in total. The average Bonchev–Trinajstić information content (AvgIpc) is 2.29. The monoisotopic (exact) mass is 220 g/mol. The van der Waals surface area contributed by atoms with E-state index < -0.39 is 0 Å². The summed E-state index contributed by atoms with van der Waals surface area (Å²) in [6, 6.07) is 8.29. The normalized spacial score (nSPS) is 10.1. The minimum atomic E-state index is 0.106. The van der Waals surface area contributed by atoms with Crippen molar-refractivity contribution in [3.8, 4) is 0 Å². The van der Waals surface area contributed by atoms with Crippen molar-refractivity contribution in [1.29, 1.82) is 0 Å². The second-order valence-electron chi connectivity index (χ2n) is 3.98. The molecule has 0 heterocycles. The molecule has 0 saturated heterocycles. The number of rotatable bonds is 6. The van der Waals surface area contributed by atoms with Gasteiger partial charge < -0.3 is 11.1 Å². The van der Waals surface area contributed by atoms with Gasteiger partial charge in [-0.2, -0.15) is 0 Å². The molecule has 0 aliphatic heterocycles. The van der Waals surface area contributed by atoms with Crippen molar-refractivity contribution in [1.82, 2.24) is 5.32 Å². The van der Waals surface area contributed by atoms with Gasteiger partial charge >= 0.3 is 0 Å². The van der Waals surface area contributed by atoms with Gasteiger partial charge in [-0.3, -0.25) is 4.79 Å². The molecule has 1 aromatic carbocycles. The Labute approximate surface area is 97.0 Å². The zero-order valence-corrected chi connectivity index (χ0v) is 9.83. The highest BCUT2D eigenvalue weighted by atomic mass is 16.1. The maximum absolute atomic E-state index is 11.4. The molecule has 0 aliphatic rings. The van der Waals surface area contributed by atoms with Gasteiger partial charge in [0.1, 0.15) is 0 Å². The van der Waals surface area contributed by atoms with E-state index in [-0.39, 0.29) is 5.91 Å². The van der Waals surface area contributed by atoms with Crippen LogP contribution in [0, 0.1) is 6.92 Å². The topological polar surface area (TPSA) is 55.1 Å². The van der Waals surface area contributed by atoms with Crippen LogP contribution in [0.15, 0.2) is 24.3 Å². The van der Waals surface area contributed by atoms with E-state index in [4.69, 9.17) is 5.73 Å². The minimum absolute atomic E-state index is 0.106. The van der Waals surface area contributed by atoms with E-state index in [1.165, 1.54) is 11.1 Å². The molecule has 0 aromatic heterocycles. The van der Waals surface area contributed by atoms with Gasteiger partial charge in [-0.1, -0.05) is 29.8 Å². The Kier molecular flexibility index (Phi) is 5.57. The maximum Gasteiger partial charge on any atom is 0.220 e. The van der Waals surface area contributed by atoms with Crippen molar-refractivity contribution in [2.24, 2.45) is 5.73 Å². The lowest BCUT2D eigenvalue weighted by Gasteiger charge is -2.04. The molecular formula is C13H20N2O. The maximum atomic E-state index is 11.4. The summed E-state index contributed by atoms with van der Waals surface area (Å²) < 4.78 is 0. The molecule has 0 saturated carbocycles. The molecule has 0 spiro atoms. The Hall–Kier alpha value is -1.35. The van der Waals surface area contributed by atoms with Crippen LogP contribution in [0.2, 0.25) is 0 Å². The lowest BCUT2D eigenvalue weighted by Crippen LogP contribution is -2.26. The SMILES string of the molecule is Cc1ccc(CCC(=O)NCCCN)cc1. The highest BCUT2D eigenvalue weighted by Gasteiger charge is 2.00. The molecule has 88 valence electrons. The fourth-order valence-corrected chi connectivity index (χ4v) is 1.43. The van der Waals surface area contributed by atoms with E-state index >= 15 is 0 Å². The van der Waals surface area contributed by atoms with E-state index in [1.807, 2.05) is 0 Å². The summed E-state index contributed by atoms with van der Waals surface area (Å²) in [5.74, 6) is 0.106. The first-order chi connectivity index (χ1) is 7.72. The lowest BCUT2D eigenvalue weighted by atomic mass is 10.1. The summed E-state index contributed by atoms with van der Waals surface area (Å²) in [6.07, 6.45) is 2.19. The standard InChI is InChI=1S/C13H20N2O/c1-11-3-5-12(6-4-11)7-8-13(16)15-10-2-9-14/h3-6H,2,7-10,14H2,1H3,(H,15,16). The molecule has 0 radical (unpaired) electrons. The van der Waals surface area contributed by atoms with E-state index in [9.17, 15) is 4.79 Å². The first-order valence-corrected chi connectivity index (χ1v) is 5.74. The summed E-state index contributed by atoms with van der Waals surface area (Å²) in [6.45, 7) is 3.37. The van der Waals surface area contributed by atoms with Crippen molar-refractivity contribution in [3.63, 3.8) is 0 Å². The molecule has 3 nitrogen and oxygen atoms in total. The van der Waals surface area contributed by atoms with E-state index in [0.717, 1.165) is 12.8 Å². The molecule has 3 heteroatoms. The summed E-state index contributed by atoms with van der Waals surface area (Å²) in [4.78, 5) is 11.4. The molecule has 16 heavy (non-hydrogen) atoms. The Morgan fingerprint density at radius 3 is 2.62 bits per heavy atom. The molecule has 0 fully saturated rings. The number of aryl methyl sites for hydroxylation is 2. The van der Waals surface area contributed by atoms with Gasteiger partial charge in [0, 0.05) is 13.0 Å². The number of benzene rings is 1. The smallest absolute Gasteiger partial charge is 0.220 e. The second-order valence-corrected chi connectivity index (χ2v) is 3.98. The van der Waals surface area contributed by atoms with Gasteiger partial charge in [-0.05, 0) is 31.9 Å². The van der Waals surface area contributed by atoms with Crippen LogP contribution in [0.1, 0.15) is 24.0 Å². The minimum Gasteiger partial charge on any atom is -0.356 e. The Morgan fingerprint density at radius 2 is 2.00 bits per heavy atom. The lowest BCUT2D eigenvalue weighted by molar-refractivity contribution is -0.121. The Bertz CT molecular complexity index is 319. The number of nitrogens with two attached hydrogens (primary N) is 1. The highest BCUT2D eigenvalue weighted by Crippen LogP contribution is 2.05. The first kappa shape index (κ1) is 12.7. The molecule has 1 rings (SSSR count). The number of carbonyl (C=O) groups is 1. The third-order valence-corrected chi connectivity index (χ3v) is 2.46.